The lowest BCUT2D eigenvalue weighted by atomic mass is 9.49. The Bertz CT molecular complexity index is 1240. The molecule has 2 amide bonds. The third-order valence-corrected chi connectivity index (χ3v) is 9.34. The Labute approximate surface area is 219 Å². The molecule has 4 aliphatic carbocycles. The SMILES string of the molecule is O=C1/C(=C\c2cccc(OCc3ccccc3F)c2)SC(=S)N1NC(=O)C12CC3CC(CC(C3)C1)C2. The van der Waals surface area contributed by atoms with Crippen LogP contribution in [0.2, 0.25) is 0 Å². The summed E-state index contributed by atoms with van der Waals surface area (Å²) in [6.45, 7) is 0.106. The highest BCUT2D eigenvalue weighted by Gasteiger charge is 2.55. The predicted octanol–water partition coefficient (Wildman–Crippen LogP) is 5.85. The number of hydrogen-bond donors (Lipinski definition) is 1. The molecule has 5 nitrogen and oxygen atoms in total. The van der Waals surface area contributed by atoms with E-state index < -0.39 is 0 Å². The second-order valence-electron chi connectivity index (χ2n) is 10.6. The van der Waals surface area contributed by atoms with Gasteiger partial charge in [0.15, 0.2) is 4.32 Å². The lowest BCUT2D eigenvalue weighted by Gasteiger charge is -2.55. The van der Waals surface area contributed by atoms with Crippen LogP contribution in [0, 0.1) is 29.0 Å². The normalized spacial score (nSPS) is 29.8. The Kier molecular flexibility index (Phi) is 6.12. The minimum absolute atomic E-state index is 0.0531. The average Bonchev–Trinajstić information content (AvgIpc) is 3.10. The van der Waals surface area contributed by atoms with Gasteiger partial charge in [0.1, 0.15) is 18.2 Å². The van der Waals surface area contributed by atoms with E-state index in [1.807, 2.05) is 12.1 Å². The van der Waals surface area contributed by atoms with Gasteiger partial charge in [0.05, 0.1) is 10.3 Å². The number of ether oxygens (including phenoxy) is 1. The van der Waals surface area contributed by atoms with Crippen molar-refractivity contribution < 1.29 is 18.7 Å². The van der Waals surface area contributed by atoms with Gasteiger partial charge in [-0.05, 0) is 98.3 Å². The Balaban J connectivity index is 1.13. The molecule has 0 aromatic heterocycles. The average molecular weight is 523 g/mol. The van der Waals surface area contributed by atoms with Gasteiger partial charge in [0, 0.05) is 5.56 Å². The lowest BCUT2D eigenvalue weighted by Crippen LogP contribution is -2.57. The molecule has 0 radical (unpaired) electrons. The first-order valence-corrected chi connectivity index (χ1v) is 13.7. The van der Waals surface area contributed by atoms with Gasteiger partial charge in [-0.25, -0.2) is 4.39 Å². The van der Waals surface area contributed by atoms with Crippen molar-refractivity contribution in [3.8, 4) is 5.75 Å². The number of amides is 2. The van der Waals surface area contributed by atoms with E-state index in [0.717, 1.165) is 24.8 Å². The third kappa shape index (κ3) is 4.45. The molecule has 1 aliphatic heterocycles. The second kappa shape index (κ2) is 9.30. The third-order valence-electron chi connectivity index (χ3n) is 8.04. The first kappa shape index (κ1) is 23.7. The fourth-order valence-electron chi connectivity index (χ4n) is 6.79. The van der Waals surface area contributed by atoms with Crippen LogP contribution >= 0.6 is 24.0 Å². The summed E-state index contributed by atoms with van der Waals surface area (Å²) in [6.07, 6.45) is 8.27. The highest BCUT2D eigenvalue weighted by Crippen LogP contribution is 2.60. The smallest absolute Gasteiger partial charge is 0.285 e. The monoisotopic (exact) mass is 522 g/mol. The Morgan fingerprint density at radius 3 is 2.50 bits per heavy atom. The van der Waals surface area contributed by atoms with E-state index in [1.54, 1.807) is 36.4 Å². The van der Waals surface area contributed by atoms with Crippen LogP contribution in [-0.4, -0.2) is 21.1 Å². The fraction of sp³-hybridized carbons (Fsp3) is 0.393. The zero-order valence-electron chi connectivity index (χ0n) is 19.7. The van der Waals surface area contributed by atoms with E-state index in [1.165, 1.54) is 42.1 Å². The van der Waals surface area contributed by atoms with E-state index in [2.05, 4.69) is 5.43 Å². The summed E-state index contributed by atoms with van der Waals surface area (Å²) in [5.74, 6) is 1.80. The van der Waals surface area contributed by atoms with Crippen LogP contribution in [0.1, 0.15) is 49.7 Å². The van der Waals surface area contributed by atoms with E-state index in [4.69, 9.17) is 17.0 Å². The molecule has 0 unspecified atom stereocenters. The van der Waals surface area contributed by atoms with Crippen molar-refractivity contribution >= 4 is 46.2 Å². The molecular formula is C28H27FN2O3S2. The van der Waals surface area contributed by atoms with Crippen molar-refractivity contribution in [3.05, 3.63) is 70.4 Å². The number of nitrogens with one attached hydrogen (secondary N) is 1. The summed E-state index contributed by atoms with van der Waals surface area (Å²) in [6, 6.07) is 13.7. The molecule has 2 aromatic rings. The first-order valence-electron chi connectivity index (χ1n) is 12.4. The van der Waals surface area contributed by atoms with Crippen molar-refractivity contribution in [2.24, 2.45) is 23.2 Å². The summed E-state index contributed by atoms with van der Waals surface area (Å²) in [5, 5.41) is 1.24. The van der Waals surface area contributed by atoms with Crippen LogP contribution in [0.3, 0.4) is 0 Å². The zero-order valence-corrected chi connectivity index (χ0v) is 21.4. The second-order valence-corrected chi connectivity index (χ2v) is 12.3. The molecule has 4 bridgehead atoms. The quantitative estimate of drug-likeness (QED) is 0.381. The van der Waals surface area contributed by atoms with Crippen LogP contribution in [0.25, 0.3) is 6.08 Å². The van der Waals surface area contributed by atoms with E-state index in [0.29, 0.717) is 38.3 Å². The first-order chi connectivity index (χ1) is 17.4. The number of nitrogens with zero attached hydrogens (tertiary/aromatic N) is 1. The highest BCUT2D eigenvalue weighted by atomic mass is 32.2. The van der Waals surface area contributed by atoms with Crippen molar-refractivity contribution in [1.29, 1.82) is 0 Å². The number of rotatable bonds is 6. The van der Waals surface area contributed by atoms with Crippen LogP contribution < -0.4 is 10.2 Å². The van der Waals surface area contributed by atoms with Crippen molar-refractivity contribution in [2.75, 3.05) is 0 Å². The Morgan fingerprint density at radius 1 is 1.11 bits per heavy atom. The number of carbonyl (C=O) groups excluding carboxylic acids is 2. The number of benzene rings is 2. The standard InChI is InChI=1S/C28H27FN2O3S2/c29-23-7-2-1-5-21(23)16-34-22-6-3-4-17(11-22)12-24-25(32)31(27(35)36-24)30-26(33)28-13-18-8-19(14-28)10-20(9-18)15-28/h1-7,11-12,18-20H,8-10,13-16H2,(H,30,33)/b24-12+. The topological polar surface area (TPSA) is 58.6 Å². The molecule has 0 spiro atoms. The van der Waals surface area contributed by atoms with Gasteiger partial charge >= 0.3 is 0 Å². The zero-order chi connectivity index (χ0) is 24.9. The van der Waals surface area contributed by atoms with Crippen LogP contribution in [-0.2, 0) is 16.2 Å². The number of halogens is 1. The molecule has 4 saturated carbocycles. The fourth-order valence-corrected chi connectivity index (χ4v) is 7.97. The van der Waals surface area contributed by atoms with Gasteiger partial charge < -0.3 is 4.74 Å². The number of carbonyl (C=O) groups is 2. The molecular weight excluding hydrogens is 495 g/mol. The Morgan fingerprint density at radius 2 is 1.81 bits per heavy atom. The molecule has 1 N–H and O–H groups in total. The van der Waals surface area contributed by atoms with Gasteiger partial charge in [-0.2, -0.15) is 5.01 Å². The molecule has 186 valence electrons. The van der Waals surface area contributed by atoms with E-state index >= 15 is 0 Å². The van der Waals surface area contributed by atoms with Crippen LogP contribution in [0.15, 0.2) is 53.4 Å². The summed E-state index contributed by atoms with van der Waals surface area (Å²) in [4.78, 5) is 27.0. The molecule has 7 rings (SSSR count). The molecule has 8 heteroatoms. The minimum atomic E-state index is -0.355. The summed E-state index contributed by atoms with van der Waals surface area (Å²) >= 11 is 6.64. The minimum Gasteiger partial charge on any atom is -0.489 e. The molecule has 1 saturated heterocycles. The number of thiocarbonyl (C=S) groups is 1. The highest BCUT2D eigenvalue weighted by molar-refractivity contribution is 8.26. The van der Waals surface area contributed by atoms with Crippen molar-refractivity contribution in [1.82, 2.24) is 10.4 Å². The summed E-state index contributed by atoms with van der Waals surface area (Å²) < 4.78 is 20.0. The molecule has 5 fully saturated rings. The lowest BCUT2D eigenvalue weighted by molar-refractivity contribution is -0.152. The van der Waals surface area contributed by atoms with Gasteiger partial charge in [0.2, 0.25) is 5.91 Å². The maximum absolute atomic E-state index is 13.9. The number of hydrogen-bond acceptors (Lipinski definition) is 5. The summed E-state index contributed by atoms with van der Waals surface area (Å²) in [7, 11) is 0. The van der Waals surface area contributed by atoms with Crippen LogP contribution in [0.5, 0.6) is 5.75 Å². The maximum atomic E-state index is 13.9. The van der Waals surface area contributed by atoms with Crippen LogP contribution in [0.4, 0.5) is 4.39 Å². The van der Waals surface area contributed by atoms with Crippen molar-refractivity contribution in [2.45, 2.75) is 45.1 Å². The molecule has 1 heterocycles. The number of thioether (sulfide) groups is 1. The largest absolute Gasteiger partial charge is 0.489 e. The predicted molar refractivity (Wildman–Crippen MR) is 141 cm³/mol. The van der Waals surface area contributed by atoms with E-state index in [-0.39, 0.29) is 29.7 Å². The maximum Gasteiger partial charge on any atom is 0.285 e. The summed E-state index contributed by atoms with van der Waals surface area (Å²) in [5.41, 5.74) is 3.76. The molecule has 36 heavy (non-hydrogen) atoms. The Hall–Kier alpha value is -2.71. The van der Waals surface area contributed by atoms with Gasteiger partial charge in [-0.1, -0.05) is 42.1 Å². The van der Waals surface area contributed by atoms with Crippen molar-refractivity contribution in [3.63, 3.8) is 0 Å². The van der Waals surface area contributed by atoms with E-state index in [9.17, 15) is 14.0 Å². The van der Waals surface area contributed by atoms with Gasteiger partial charge in [-0.15, -0.1) is 0 Å². The number of hydrazine groups is 1. The van der Waals surface area contributed by atoms with Gasteiger partial charge in [0.25, 0.3) is 5.91 Å². The molecule has 2 aromatic carbocycles. The van der Waals surface area contributed by atoms with Gasteiger partial charge in [-0.3, -0.25) is 15.0 Å². The molecule has 5 aliphatic rings. The molecule has 0 atom stereocenters.